The summed E-state index contributed by atoms with van der Waals surface area (Å²) in [5, 5.41) is 8.22. The van der Waals surface area contributed by atoms with Gasteiger partial charge in [-0.15, -0.1) is 0 Å². The Bertz CT molecular complexity index is 409. The lowest BCUT2D eigenvalue weighted by Gasteiger charge is -1.95. The lowest BCUT2D eigenvalue weighted by atomic mass is 10.2. The van der Waals surface area contributed by atoms with Crippen molar-refractivity contribution in [3.8, 4) is 17.9 Å². The van der Waals surface area contributed by atoms with Crippen molar-refractivity contribution < 1.29 is 4.39 Å². The van der Waals surface area contributed by atoms with E-state index in [0.29, 0.717) is 5.56 Å². The van der Waals surface area contributed by atoms with E-state index in [0.717, 1.165) is 0 Å². The molecule has 0 radical (unpaired) electrons. The number of nitriles is 1. The maximum absolute atomic E-state index is 12.8. The van der Waals surface area contributed by atoms with Crippen LogP contribution in [0.25, 0.3) is 0 Å². The summed E-state index contributed by atoms with van der Waals surface area (Å²) in [4.78, 5) is 0. The summed E-state index contributed by atoms with van der Waals surface area (Å²) in [6, 6.07) is 6.26. The smallest absolute Gasteiger partial charge is 0.143 e. The molecule has 0 saturated carbocycles. The van der Waals surface area contributed by atoms with Crippen LogP contribution in [0.2, 0.25) is 5.02 Å². The van der Waals surface area contributed by atoms with Crippen molar-refractivity contribution in [3.05, 3.63) is 34.6 Å². The highest BCUT2D eigenvalue weighted by Gasteiger charge is 2.01. The second-order valence-electron chi connectivity index (χ2n) is 2.24. The fourth-order valence-corrected chi connectivity index (χ4v) is 0.953. The highest BCUT2D eigenvalue weighted by molar-refractivity contribution is 6.31. The Labute approximate surface area is 80.8 Å². The largest absolute Gasteiger partial charge is 0.205 e. The van der Waals surface area contributed by atoms with Crippen LogP contribution < -0.4 is 0 Å². The summed E-state index contributed by atoms with van der Waals surface area (Å²) >= 11 is 5.61. The van der Waals surface area contributed by atoms with E-state index >= 15 is 0 Å². The van der Waals surface area contributed by atoms with Crippen LogP contribution in [0.4, 0.5) is 4.39 Å². The van der Waals surface area contributed by atoms with Crippen molar-refractivity contribution in [1.29, 1.82) is 5.26 Å². The molecule has 0 aliphatic carbocycles. The van der Waals surface area contributed by atoms with Crippen LogP contribution in [0, 0.1) is 29.0 Å². The van der Waals surface area contributed by atoms with Crippen LogP contribution in [0.3, 0.4) is 0 Å². The van der Waals surface area contributed by atoms with Gasteiger partial charge in [0.25, 0.3) is 0 Å². The molecule has 13 heavy (non-hydrogen) atoms. The maximum atomic E-state index is 12.8. The van der Waals surface area contributed by atoms with Gasteiger partial charge in [0.1, 0.15) is 5.82 Å². The number of hydrogen-bond donors (Lipinski definition) is 0. The van der Waals surface area contributed by atoms with E-state index in [1.807, 2.05) is 6.07 Å². The first kappa shape index (κ1) is 9.58. The third kappa shape index (κ3) is 2.47. The summed E-state index contributed by atoms with van der Waals surface area (Å²) in [7, 11) is 0. The van der Waals surface area contributed by atoms with Gasteiger partial charge in [0, 0.05) is 5.56 Å². The molecule has 64 valence electrons. The van der Waals surface area contributed by atoms with Crippen molar-refractivity contribution in [2.75, 3.05) is 0 Å². The fraction of sp³-hybridized carbons (Fsp3) is 0.100. The Morgan fingerprint density at radius 3 is 2.92 bits per heavy atom. The Kier molecular flexibility index (Phi) is 3.31. The van der Waals surface area contributed by atoms with Crippen LogP contribution in [0.5, 0.6) is 0 Å². The number of rotatable bonds is 0. The van der Waals surface area contributed by atoms with Crippen LogP contribution in [0.1, 0.15) is 12.0 Å². The molecule has 0 fully saturated rings. The number of halogens is 2. The van der Waals surface area contributed by atoms with Crippen molar-refractivity contribution in [2.24, 2.45) is 0 Å². The van der Waals surface area contributed by atoms with Gasteiger partial charge in [-0.3, -0.25) is 0 Å². The Hall–Kier alpha value is -1.51. The minimum Gasteiger partial charge on any atom is -0.205 e. The monoisotopic (exact) mass is 193 g/mol. The molecule has 0 aliphatic rings. The zero-order valence-electron chi connectivity index (χ0n) is 6.64. The normalized spacial score (nSPS) is 8.38. The molecule has 0 saturated heterocycles. The topological polar surface area (TPSA) is 23.8 Å². The van der Waals surface area contributed by atoms with Gasteiger partial charge < -0.3 is 0 Å². The molecule has 0 unspecified atom stereocenters. The third-order valence-electron chi connectivity index (χ3n) is 1.34. The first-order valence-electron chi connectivity index (χ1n) is 3.55. The van der Waals surface area contributed by atoms with Gasteiger partial charge in [0.2, 0.25) is 0 Å². The first-order chi connectivity index (χ1) is 6.25. The van der Waals surface area contributed by atoms with Crippen LogP contribution in [0.15, 0.2) is 18.2 Å². The van der Waals surface area contributed by atoms with E-state index in [9.17, 15) is 4.39 Å². The Morgan fingerprint density at radius 2 is 2.23 bits per heavy atom. The molecular weight excluding hydrogens is 189 g/mol. The van der Waals surface area contributed by atoms with Crippen LogP contribution in [-0.4, -0.2) is 0 Å². The molecule has 1 aromatic carbocycles. The molecule has 1 aromatic rings. The van der Waals surface area contributed by atoms with Crippen LogP contribution in [-0.2, 0) is 0 Å². The molecular formula is C10H5ClFN. The lowest BCUT2D eigenvalue weighted by Crippen LogP contribution is -1.81. The van der Waals surface area contributed by atoms with Crippen LogP contribution >= 0.6 is 11.6 Å². The maximum Gasteiger partial charge on any atom is 0.143 e. The summed E-state index contributed by atoms with van der Waals surface area (Å²) < 4.78 is 12.8. The molecule has 1 nitrogen and oxygen atoms in total. The summed E-state index contributed by atoms with van der Waals surface area (Å²) in [6.07, 6.45) is 0.118. The minimum absolute atomic E-state index is 0.00735. The van der Waals surface area contributed by atoms with E-state index < -0.39 is 5.82 Å². The zero-order valence-corrected chi connectivity index (χ0v) is 7.40. The summed E-state index contributed by atoms with van der Waals surface area (Å²) in [5.74, 6) is 4.67. The molecule has 1 rings (SSSR count). The third-order valence-corrected chi connectivity index (χ3v) is 1.73. The average Bonchev–Trinajstić information content (AvgIpc) is 2.13. The zero-order chi connectivity index (χ0) is 9.68. The van der Waals surface area contributed by atoms with Gasteiger partial charge in [-0.25, -0.2) is 4.39 Å². The molecule has 3 heteroatoms. The molecule has 0 N–H and O–H groups in total. The molecule has 0 heterocycles. The van der Waals surface area contributed by atoms with E-state index in [1.54, 1.807) is 6.07 Å². The van der Waals surface area contributed by atoms with Gasteiger partial charge in [-0.2, -0.15) is 5.26 Å². The molecule has 0 aromatic heterocycles. The summed E-state index contributed by atoms with van der Waals surface area (Å²) in [6.45, 7) is 0. The standard InChI is InChI=1S/C10H5ClFN/c11-10-8(4-1-2-7-13)5-3-6-9(10)12/h3,5-6H,2H2. The number of benzene rings is 1. The van der Waals surface area contributed by atoms with Crippen molar-refractivity contribution in [3.63, 3.8) is 0 Å². The van der Waals surface area contributed by atoms with Gasteiger partial charge in [0.15, 0.2) is 0 Å². The van der Waals surface area contributed by atoms with E-state index in [4.69, 9.17) is 16.9 Å². The lowest BCUT2D eigenvalue weighted by molar-refractivity contribution is 0.628. The molecule has 0 atom stereocenters. The highest BCUT2D eigenvalue weighted by atomic mass is 35.5. The van der Waals surface area contributed by atoms with E-state index in [2.05, 4.69) is 11.8 Å². The number of hydrogen-bond acceptors (Lipinski definition) is 1. The molecule has 0 amide bonds. The molecule has 0 bridgehead atoms. The minimum atomic E-state index is -0.495. The predicted octanol–water partition coefficient (Wildman–Crippen LogP) is 2.74. The Morgan fingerprint density at radius 1 is 1.46 bits per heavy atom. The van der Waals surface area contributed by atoms with E-state index in [1.165, 1.54) is 12.1 Å². The second kappa shape index (κ2) is 4.50. The summed E-state index contributed by atoms with van der Waals surface area (Å²) in [5.41, 5.74) is 0.414. The van der Waals surface area contributed by atoms with Crippen molar-refractivity contribution in [1.82, 2.24) is 0 Å². The highest BCUT2D eigenvalue weighted by Crippen LogP contribution is 2.18. The fourth-order valence-electron chi connectivity index (χ4n) is 0.779. The first-order valence-corrected chi connectivity index (χ1v) is 3.93. The predicted molar refractivity (Wildman–Crippen MR) is 48.5 cm³/mol. The van der Waals surface area contributed by atoms with Crippen molar-refractivity contribution >= 4 is 11.6 Å². The van der Waals surface area contributed by atoms with Crippen molar-refractivity contribution in [2.45, 2.75) is 6.42 Å². The molecule has 0 spiro atoms. The van der Waals surface area contributed by atoms with Gasteiger partial charge >= 0.3 is 0 Å². The quantitative estimate of drug-likeness (QED) is 0.582. The van der Waals surface area contributed by atoms with Gasteiger partial charge in [-0.1, -0.05) is 29.5 Å². The van der Waals surface area contributed by atoms with Gasteiger partial charge in [0.05, 0.1) is 17.5 Å². The molecule has 0 aliphatic heterocycles. The van der Waals surface area contributed by atoms with E-state index in [-0.39, 0.29) is 11.4 Å². The number of nitrogens with zero attached hydrogens (tertiary/aromatic N) is 1. The average molecular weight is 194 g/mol. The van der Waals surface area contributed by atoms with Gasteiger partial charge in [-0.05, 0) is 12.1 Å². The second-order valence-corrected chi connectivity index (χ2v) is 2.62. The Balaban J connectivity index is 2.99. The SMILES string of the molecule is N#CCC#Cc1cccc(F)c1Cl.